The summed E-state index contributed by atoms with van der Waals surface area (Å²) in [6.45, 7) is 8.51. The molecule has 0 aliphatic carbocycles. The molecule has 1 aliphatic heterocycles. The molecular formula is C17H26N2O2S2. The van der Waals surface area contributed by atoms with Crippen LogP contribution in [0.15, 0.2) is 0 Å². The fourth-order valence-corrected chi connectivity index (χ4v) is 5.05. The molecule has 0 bridgehead atoms. The lowest BCUT2D eigenvalue weighted by Gasteiger charge is -2.40. The lowest BCUT2D eigenvalue weighted by atomic mass is 9.98. The second-order valence-corrected chi connectivity index (χ2v) is 7.76. The van der Waals surface area contributed by atoms with Gasteiger partial charge in [-0.15, -0.1) is 11.3 Å². The molecule has 1 aromatic rings. The van der Waals surface area contributed by atoms with Gasteiger partial charge in [-0.2, -0.15) is 0 Å². The van der Waals surface area contributed by atoms with Crippen molar-refractivity contribution < 1.29 is 9.53 Å². The number of anilines is 1. The van der Waals surface area contributed by atoms with Crippen molar-refractivity contribution in [3.8, 4) is 0 Å². The van der Waals surface area contributed by atoms with Gasteiger partial charge in [-0.25, -0.2) is 4.79 Å². The molecule has 6 heteroatoms. The van der Waals surface area contributed by atoms with E-state index >= 15 is 0 Å². The number of esters is 1. The van der Waals surface area contributed by atoms with Crippen molar-refractivity contribution in [2.45, 2.75) is 65.5 Å². The molecule has 2 atom stereocenters. The maximum absolute atomic E-state index is 12.2. The van der Waals surface area contributed by atoms with Gasteiger partial charge < -0.3 is 15.0 Å². The van der Waals surface area contributed by atoms with E-state index in [4.69, 9.17) is 17.0 Å². The van der Waals surface area contributed by atoms with Gasteiger partial charge in [0.15, 0.2) is 5.11 Å². The van der Waals surface area contributed by atoms with Crippen molar-refractivity contribution in [2.24, 2.45) is 0 Å². The Hall–Kier alpha value is -1.14. The van der Waals surface area contributed by atoms with Crippen LogP contribution >= 0.6 is 23.6 Å². The number of aryl methyl sites for hydroxylation is 1. The fourth-order valence-electron chi connectivity index (χ4n) is 3.39. The van der Waals surface area contributed by atoms with Crippen LogP contribution in [0.5, 0.6) is 0 Å². The summed E-state index contributed by atoms with van der Waals surface area (Å²) in [5.41, 5.74) is 1.68. The SMILES string of the molecule is CCc1c(C)sc(NC(=S)N2[C@H](C)CCC[C@@H]2C)c1C(=O)OC. The van der Waals surface area contributed by atoms with Crippen LogP contribution in [-0.2, 0) is 11.2 Å². The molecule has 1 aromatic heterocycles. The van der Waals surface area contributed by atoms with Gasteiger partial charge in [-0.05, 0) is 64.2 Å². The number of methoxy groups -OCH3 is 1. The molecule has 128 valence electrons. The standard InChI is InChI=1S/C17H26N2O2S2/c1-6-13-12(4)23-15(14(13)16(20)21-5)18-17(22)19-10(2)8-7-9-11(19)3/h10-11H,6-9H2,1-5H3,(H,18,22)/t10-,11+. The lowest BCUT2D eigenvalue weighted by molar-refractivity contribution is 0.0601. The second kappa shape index (κ2) is 7.62. The fraction of sp³-hybridized carbons (Fsp3) is 0.647. The number of hydrogen-bond acceptors (Lipinski definition) is 4. The highest BCUT2D eigenvalue weighted by Crippen LogP contribution is 2.35. The van der Waals surface area contributed by atoms with Crippen molar-refractivity contribution in [2.75, 3.05) is 12.4 Å². The number of ether oxygens (including phenoxy) is 1. The Morgan fingerprint density at radius 2 is 2.00 bits per heavy atom. The Balaban J connectivity index is 2.29. The first-order valence-electron chi connectivity index (χ1n) is 8.20. The minimum Gasteiger partial charge on any atom is -0.465 e. The highest BCUT2D eigenvalue weighted by atomic mass is 32.1. The van der Waals surface area contributed by atoms with Crippen LogP contribution in [-0.4, -0.2) is 35.2 Å². The van der Waals surface area contributed by atoms with Crippen LogP contribution in [0.3, 0.4) is 0 Å². The summed E-state index contributed by atoms with van der Waals surface area (Å²) in [5, 5.41) is 4.84. The van der Waals surface area contributed by atoms with Crippen LogP contribution in [0.4, 0.5) is 5.00 Å². The third-order valence-corrected chi connectivity index (χ3v) is 5.98. The normalized spacial score (nSPS) is 21.2. The van der Waals surface area contributed by atoms with E-state index in [1.807, 2.05) is 6.92 Å². The zero-order valence-corrected chi connectivity index (χ0v) is 16.2. The third kappa shape index (κ3) is 3.69. The van der Waals surface area contributed by atoms with E-state index in [1.54, 1.807) is 11.3 Å². The Morgan fingerprint density at radius 1 is 1.39 bits per heavy atom. The number of carbonyl (C=O) groups is 1. The third-order valence-electron chi connectivity index (χ3n) is 4.60. The number of thiocarbonyl (C=S) groups is 1. The van der Waals surface area contributed by atoms with Crippen molar-refractivity contribution in [1.29, 1.82) is 0 Å². The summed E-state index contributed by atoms with van der Waals surface area (Å²) in [6, 6.07) is 0.846. The average molecular weight is 355 g/mol. The molecule has 0 aromatic carbocycles. The Morgan fingerprint density at radius 3 is 2.52 bits per heavy atom. The maximum atomic E-state index is 12.2. The van der Waals surface area contributed by atoms with Crippen LogP contribution in [0.25, 0.3) is 0 Å². The Bertz CT molecular complexity index is 588. The Labute approximate surface area is 148 Å². The quantitative estimate of drug-likeness (QED) is 0.645. The second-order valence-electron chi connectivity index (χ2n) is 6.15. The van der Waals surface area contributed by atoms with Gasteiger partial charge in [0.05, 0.1) is 12.7 Å². The minimum atomic E-state index is -0.295. The first-order chi connectivity index (χ1) is 10.9. The molecule has 23 heavy (non-hydrogen) atoms. The summed E-state index contributed by atoms with van der Waals surface area (Å²) < 4.78 is 4.97. The molecule has 4 nitrogen and oxygen atoms in total. The first kappa shape index (κ1) is 18.2. The van der Waals surface area contributed by atoms with Gasteiger partial charge in [0.1, 0.15) is 5.00 Å². The number of likely N-dealkylation sites (tertiary alicyclic amines) is 1. The van der Waals surface area contributed by atoms with Gasteiger partial charge in [0, 0.05) is 17.0 Å². The summed E-state index contributed by atoms with van der Waals surface area (Å²) in [7, 11) is 1.42. The largest absolute Gasteiger partial charge is 0.465 e. The number of thiophene rings is 1. The summed E-state index contributed by atoms with van der Waals surface area (Å²) >= 11 is 7.23. The van der Waals surface area contributed by atoms with Crippen molar-refractivity contribution in [1.82, 2.24) is 4.90 Å². The molecule has 0 amide bonds. The predicted molar refractivity (Wildman–Crippen MR) is 101 cm³/mol. The Kier molecular flexibility index (Phi) is 6.03. The van der Waals surface area contributed by atoms with E-state index in [0.717, 1.165) is 34.7 Å². The molecule has 1 N–H and O–H groups in total. The smallest absolute Gasteiger partial charge is 0.341 e. The minimum absolute atomic E-state index is 0.295. The van der Waals surface area contributed by atoms with E-state index < -0.39 is 0 Å². The number of hydrogen-bond donors (Lipinski definition) is 1. The highest BCUT2D eigenvalue weighted by molar-refractivity contribution is 7.80. The van der Waals surface area contributed by atoms with Crippen molar-refractivity contribution >= 4 is 39.6 Å². The van der Waals surface area contributed by atoms with Gasteiger partial charge in [0.25, 0.3) is 0 Å². The van der Waals surface area contributed by atoms with Crippen LogP contribution in [0.2, 0.25) is 0 Å². The molecule has 1 saturated heterocycles. The first-order valence-corrected chi connectivity index (χ1v) is 9.43. The molecule has 2 heterocycles. The van der Waals surface area contributed by atoms with Gasteiger partial charge in [0.2, 0.25) is 0 Å². The van der Waals surface area contributed by atoms with E-state index in [-0.39, 0.29) is 5.97 Å². The molecule has 1 fully saturated rings. The van der Waals surface area contributed by atoms with Crippen LogP contribution < -0.4 is 5.32 Å². The van der Waals surface area contributed by atoms with Gasteiger partial charge in [-0.3, -0.25) is 0 Å². The van der Waals surface area contributed by atoms with Gasteiger partial charge >= 0.3 is 5.97 Å². The summed E-state index contributed by atoms with van der Waals surface area (Å²) in [5.74, 6) is -0.295. The zero-order chi connectivity index (χ0) is 17.1. The average Bonchev–Trinajstić information content (AvgIpc) is 2.81. The highest BCUT2D eigenvalue weighted by Gasteiger charge is 2.29. The molecule has 2 rings (SSSR count). The van der Waals surface area contributed by atoms with E-state index in [9.17, 15) is 4.79 Å². The maximum Gasteiger partial charge on any atom is 0.341 e. The predicted octanol–water partition coefficient (Wildman–Crippen LogP) is 4.37. The molecule has 0 radical (unpaired) electrons. The number of nitrogens with one attached hydrogen (secondary N) is 1. The topological polar surface area (TPSA) is 41.6 Å². The monoisotopic (exact) mass is 354 g/mol. The molecule has 0 spiro atoms. The molecule has 0 saturated carbocycles. The van der Waals surface area contributed by atoms with Crippen LogP contribution in [0.1, 0.15) is 60.8 Å². The van der Waals surface area contributed by atoms with E-state index in [2.05, 4.69) is 31.0 Å². The molecule has 1 aliphatic rings. The number of piperidine rings is 1. The number of nitrogens with zero attached hydrogens (tertiary/aromatic N) is 1. The summed E-state index contributed by atoms with van der Waals surface area (Å²) in [6.07, 6.45) is 4.35. The van der Waals surface area contributed by atoms with Gasteiger partial charge in [-0.1, -0.05) is 6.92 Å². The molecular weight excluding hydrogens is 328 g/mol. The van der Waals surface area contributed by atoms with Crippen molar-refractivity contribution in [3.63, 3.8) is 0 Å². The lowest BCUT2D eigenvalue weighted by Crippen LogP contribution is -2.49. The van der Waals surface area contributed by atoms with E-state index in [1.165, 1.54) is 13.5 Å². The number of carbonyl (C=O) groups excluding carboxylic acids is 1. The summed E-state index contributed by atoms with van der Waals surface area (Å²) in [4.78, 5) is 15.6. The molecule has 0 unspecified atom stereocenters. The number of rotatable bonds is 3. The zero-order valence-electron chi connectivity index (χ0n) is 14.6. The van der Waals surface area contributed by atoms with Crippen LogP contribution in [0, 0.1) is 6.92 Å². The van der Waals surface area contributed by atoms with Crippen molar-refractivity contribution in [3.05, 3.63) is 16.0 Å². The van der Waals surface area contributed by atoms with E-state index in [0.29, 0.717) is 22.8 Å².